The molecule has 0 aromatic heterocycles. The van der Waals surface area contributed by atoms with Gasteiger partial charge in [-0.25, -0.2) is 0 Å². The first-order valence-corrected chi connectivity index (χ1v) is 6.07. The number of ether oxygens (including phenoxy) is 1. The van der Waals surface area contributed by atoms with Crippen molar-refractivity contribution < 1.29 is 19.4 Å². The van der Waals surface area contributed by atoms with E-state index in [0.29, 0.717) is 0 Å². The molecule has 0 saturated heterocycles. The molecular weight excluding hydrogens is 246 g/mol. The molecule has 2 N–H and O–H groups in total. The largest absolute Gasteiger partial charge is 0.469 e. The molecule has 0 saturated carbocycles. The molecule has 0 fully saturated rings. The molecule has 19 heavy (non-hydrogen) atoms. The molecule has 0 aliphatic heterocycles. The summed E-state index contributed by atoms with van der Waals surface area (Å²) in [5.41, 5.74) is -0.411. The zero-order chi connectivity index (χ0) is 14.3. The van der Waals surface area contributed by atoms with E-state index in [9.17, 15) is 14.7 Å². The molecule has 1 amide bonds. The number of aliphatic hydroxyl groups is 1. The summed E-state index contributed by atoms with van der Waals surface area (Å²) < 4.78 is 4.45. The molecular formula is C14H19NO4. The fourth-order valence-corrected chi connectivity index (χ4v) is 1.58. The third kappa shape index (κ3) is 5.09. The Hall–Kier alpha value is -1.88. The quantitative estimate of drug-likeness (QED) is 0.751. The topological polar surface area (TPSA) is 75.6 Å². The second-order valence-electron chi connectivity index (χ2n) is 4.49. The van der Waals surface area contributed by atoms with Crippen LogP contribution in [0.15, 0.2) is 30.3 Å². The summed E-state index contributed by atoms with van der Waals surface area (Å²) in [4.78, 5) is 22.4. The van der Waals surface area contributed by atoms with Crippen LogP contribution in [-0.4, -0.2) is 30.6 Å². The van der Waals surface area contributed by atoms with Crippen molar-refractivity contribution >= 4 is 11.9 Å². The zero-order valence-corrected chi connectivity index (χ0v) is 11.2. The number of hydrogen-bond donors (Lipinski definition) is 2. The lowest BCUT2D eigenvalue weighted by Gasteiger charge is -2.24. The molecule has 0 bridgehead atoms. The Morgan fingerprint density at radius 1 is 1.26 bits per heavy atom. The molecule has 104 valence electrons. The number of carbonyl (C=O) groups is 2. The molecule has 1 rings (SSSR count). The normalized spacial score (nSPS) is 13.4. The van der Waals surface area contributed by atoms with Crippen molar-refractivity contribution in [1.29, 1.82) is 0 Å². The van der Waals surface area contributed by atoms with Crippen molar-refractivity contribution in [3.63, 3.8) is 0 Å². The lowest BCUT2D eigenvalue weighted by atomic mass is 9.96. The number of rotatable bonds is 6. The third-order valence-corrected chi connectivity index (χ3v) is 2.81. The predicted octanol–water partition coefficient (Wildman–Crippen LogP) is 0.963. The first kappa shape index (κ1) is 15.2. The minimum Gasteiger partial charge on any atom is -0.469 e. The van der Waals surface area contributed by atoms with Gasteiger partial charge in [0.15, 0.2) is 0 Å². The molecule has 0 spiro atoms. The highest BCUT2D eigenvalue weighted by molar-refractivity contribution is 5.81. The molecule has 1 atom stereocenters. The monoisotopic (exact) mass is 265 g/mol. The van der Waals surface area contributed by atoms with Gasteiger partial charge in [0.05, 0.1) is 20.1 Å². The molecule has 1 aromatic carbocycles. The van der Waals surface area contributed by atoms with Gasteiger partial charge in [0.25, 0.3) is 0 Å². The maximum absolute atomic E-state index is 11.5. The minimum absolute atomic E-state index is 0.0375. The van der Waals surface area contributed by atoms with Crippen LogP contribution in [0.1, 0.15) is 25.3 Å². The summed E-state index contributed by atoms with van der Waals surface area (Å²) in [6.45, 7) is 1.72. The Kier molecular flexibility index (Phi) is 5.51. The molecule has 0 radical (unpaired) electrons. The molecule has 0 heterocycles. The molecule has 0 aliphatic rings. The Labute approximate surface area is 112 Å². The van der Waals surface area contributed by atoms with Crippen molar-refractivity contribution in [2.45, 2.75) is 25.4 Å². The molecule has 1 aromatic rings. The van der Waals surface area contributed by atoms with Gasteiger partial charge in [-0.1, -0.05) is 30.3 Å². The Balaban J connectivity index is 2.43. The van der Waals surface area contributed by atoms with Crippen LogP contribution < -0.4 is 5.32 Å². The van der Waals surface area contributed by atoms with Gasteiger partial charge in [0.2, 0.25) is 5.91 Å². The van der Waals surface area contributed by atoms with Crippen molar-refractivity contribution in [3.8, 4) is 0 Å². The molecule has 0 aliphatic carbocycles. The van der Waals surface area contributed by atoms with Crippen molar-refractivity contribution in [1.82, 2.24) is 5.32 Å². The average Bonchev–Trinajstić information content (AvgIpc) is 2.43. The van der Waals surface area contributed by atoms with Crippen molar-refractivity contribution in [2.24, 2.45) is 0 Å². The van der Waals surface area contributed by atoms with Crippen molar-refractivity contribution in [2.75, 3.05) is 13.7 Å². The average molecular weight is 265 g/mol. The van der Waals surface area contributed by atoms with Gasteiger partial charge in [-0.2, -0.15) is 0 Å². The second kappa shape index (κ2) is 6.89. The highest BCUT2D eigenvalue weighted by atomic mass is 16.5. The summed E-state index contributed by atoms with van der Waals surface area (Å²) >= 11 is 0. The summed E-state index contributed by atoms with van der Waals surface area (Å²) in [6, 6.07) is 9.08. The van der Waals surface area contributed by atoms with Crippen LogP contribution in [0.3, 0.4) is 0 Å². The first-order chi connectivity index (χ1) is 8.95. The Morgan fingerprint density at radius 2 is 1.89 bits per heavy atom. The summed E-state index contributed by atoms with van der Waals surface area (Å²) in [7, 11) is 1.28. The van der Waals surface area contributed by atoms with Gasteiger partial charge in [-0.15, -0.1) is 0 Å². The van der Waals surface area contributed by atoms with Gasteiger partial charge in [-0.05, 0) is 12.5 Å². The highest BCUT2D eigenvalue weighted by Gasteiger charge is 2.23. The van der Waals surface area contributed by atoms with E-state index < -0.39 is 11.6 Å². The maximum atomic E-state index is 11.5. The first-order valence-electron chi connectivity index (χ1n) is 6.07. The summed E-state index contributed by atoms with van der Waals surface area (Å²) in [6.07, 6.45) is 0.0906. The van der Waals surface area contributed by atoms with E-state index >= 15 is 0 Å². The number of amides is 1. The van der Waals surface area contributed by atoms with Gasteiger partial charge < -0.3 is 15.2 Å². The minimum atomic E-state index is -1.14. The fraction of sp³-hybridized carbons (Fsp3) is 0.429. The molecule has 1 unspecified atom stereocenters. The smallest absolute Gasteiger partial charge is 0.306 e. The predicted molar refractivity (Wildman–Crippen MR) is 70.3 cm³/mol. The van der Waals surface area contributed by atoms with Crippen LogP contribution in [0.5, 0.6) is 0 Å². The summed E-state index contributed by atoms with van der Waals surface area (Å²) in [5, 5.41) is 12.9. The van der Waals surface area contributed by atoms with E-state index in [-0.39, 0.29) is 25.3 Å². The van der Waals surface area contributed by atoms with E-state index in [2.05, 4.69) is 10.1 Å². The third-order valence-electron chi connectivity index (χ3n) is 2.81. The number of benzene rings is 1. The van der Waals surface area contributed by atoms with E-state index in [4.69, 9.17) is 0 Å². The number of hydrogen-bond acceptors (Lipinski definition) is 4. The van der Waals surface area contributed by atoms with Crippen molar-refractivity contribution in [3.05, 3.63) is 35.9 Å². The Bertz CT molecular complexity index is 428. The van der Waals surface area contributed by atoms with E-state index in [1.807, 2.05) is 18.2 Å². The van der Waals surface area contributed by atoms with E-state index in [1.54, 1.807) is 19.1 Å². The highest BCUT2D eigenvalue weighted by Crippen LogP contribution is 2.18. The standard InChI is InChI=1S/C14H19NO4/c1-14(18,11-6-4-3-5-7-11)10-15-12(16)8-9-13(17)19-2/h3-7,18H,8-10H2,1-2H3,(H,15,16). The summed E-state index contributed by atoms with van der Waals surface area (Å²) in [5.74, 6) is -0.716. The molecule has 5 nitrogen and oxygen atoms in total. The van der Waals surface area contributed by atoms with E-state index in [1.165, 1.54) is 7.11 Å². The lowest BCUT2D eigenvalue weighted by molar-refractivity contribution is -0.142. The van der Waals surface area contributed by atoms with Crippen LogP contribution in [0.2, 0.25) is 0 Å². The maximum Gasteiger partial charge on any atom is 0.306 e. The number of esters is 1. The van der Waals surface area contributed by atoms with Gasteiger partial charge in [-0.3, -0.25) is 9.59 Å². The van der Waals surface area contributed by atoms with Crippen LogP contribution in [0.4, 0.5) is 0 Å². The van der Waals surface area contributed by atoms with Gasteiger partial charge in [0, 0.05) is 6.42 Å². The zero-order valence-electron chi connectivity index (χ0n) is 11.2. The SMILES string of the molecule is COC(=O)CCC(=O)NCC(C)(O)c1ccccc1. The van der Waals surface area contributed by atoms with Gasteiger partial charge in [0.1, 0.15) is 5.60 Å². The van der Waals surface area contributed by atoms with Crippen LogP contribution in [0, 0.1) is 0 Å². The molecule has 5 heteroatoms. The van der Waals surface area contributed by atoms with E-state index in [0.717, 1.165) is 5.56 Å². The second-order valence-corrected chi connectivity index (χ2v) is 4.49. The van der Waals surface area contributed by atoms with Crippen LogP contribution in [-0.2, 0) is 19.9 Å². The van der Waals surface area contributed by atoms with Crippen LogP contribution >= 0.6 is 0 Å². The lowest BCUT2D eigenvalue weighted by Crippen LogP contribution is -2.38. The number of methoxy groups -OCH3 is 1. The van der Waals surface area contributed by atoms with Gasteiger partial charge >= 0.3 is 5.97 Å². The number of nitrogens with one attached hydrogen (secondary N) is 1. The van der Waals surface area contributed by atoms with Crippen LogP contribution in [0.25, 0.3) is 0 Å². The fourth-order valence-electron chi connectivity index (χ4n) is 1.58. The Morgan fingerprint density at radius 3 is 2.47 bits per heavy atom. The number of carbonyl (C=O) groups excluding carboxylic acids is 2.